The number of rotatable bonds is 4. The fourth-order valence-corrected chi connectivity index (χ4v) is 2.81. The molecule has 0 atom stereocenters. The van der Waals surface area contributed by atoms with Crippen molar-refractivity contribution < 1.29 is 4.74 Å². The maximum Gasteiger partial charge on any atom is 0.186 e. The predicted molar refractivity (Wildman–Crippen MR) is 105 cm³/mol. The van der Waals surface area contributed by atoms with Crippen LogP contribution in [0, 0.1) is 6.92 Å². The molecule has 0 saturated carbocycles. The van der Waals surface area contributed by atoms with E-state index < -0.39 is 0 Å². The van der Waals surface area contributed by atoms with E-state index >= 15 is 0 Å². The minimum atomic E-state index is 0.280. The number of azo groups is 1. The first-order valence-electron chi connectivity index (χ1n) is 8.43. The molecule has 0 spiro atoms. The number of nitrogens with zero attached hydrogens (tertiary/aromatic N) is 5. The molecule has 2 aromatic carbocycles. The molecule has 4 rings (SSSR count). The van der Waals surface area contributed by atoms with Crippen LogP contribution in [-0.2, 0) is 0 Å². The topological polar surface area (TPSA) is 90.2 Å². The molecule has 0 aliphatic heterocycles. The number of anilines is 1. The van der Waals surface area contributed by atoms with Gasteiger partial charge >= 0.3 is 0 Å². The third kappa shape index (κ3) is 3.22. The van der Waals surface area contributed by atoms with Gasteiger partial charge in [0.2, 0.25) is 0 Å². The van der Waals surface area contributed by atoms with Crippen LogP contribution in [-0.4, -0.2) is 21.7 Å². The molecule has 2 aromatic heterocycles. The summed E-state index contributed by atoms with van der Waals surface area (Å²) in [5.41, 5.74) is 10.6. The number of hydrogen-bond acceptors (Lipinski definition) is 6. The molecule has 2 N–H and O–H groups in total. The number of hydrogen-bond donors (Lipinski definition) is 1. The van der Waals surface area contributed by atoms with Gasteiger partial charge in [0.25, 0.3) is 0 Å². The van der Waals surface area contributed by atoms with Crippen molar-refractivity contribution >= 4 is 22.8 Å². The molecule has 7 heteroatoms. The van der Waals surface area contributed by atoms with Crippen molar-refractivity contribution in [2.24, 2.45) is 10.2 Å². The Morgan fingerprint density at radius 3 is 2.44 bits per heavy atom. The van der Waals surface area contributed by atoms with Gasteiger partial charge in [0, 0.05) is 11.3 Å². The van der Waals surface area contributed by atoms with E-state index in [-0.39, 0.29) is 5.82 Å². The molecule has 0 saturated heterocycles. The minimum Gasteiger partial charge on any atom is -0.497 e. The van der Waals surface area contributed by atoms with Gasteiger partial charge in [-0.1, -0.05) is 30.3 Å². The summed E-state index contributed by atoms with van der Waals surface area (Å²) < 4.78 is 6.86. The molecule has 134 valence electrons. The number of nitrogen functional groups attached to an aromatic ring is 1. The van der Waals surface area contributed by atoms with E-state index in [1.165, 1.54) is 0 Å². The predicted octanol–water partition coefficient (Wildman–Crippen LogP) is 4.71. The van der Waals surface area contributed by atoms with Crippen molar-refractivity contribution in [1.82, 2.24) is 14.6 Å². The fraction of sp³-hybridized carbons (Fsp3) is 0.100. The van der Waals surface area contributed by atoms with E-state index in [0.717, 1.165) is 22.7 Å². The summed E-state index contributed by atoms with van der Waals surface area (Å²) in [7, 11) is 1.62. The molecule has 0 unspecified atom stereocenters. The zero-order valence-corrected chi connectivity index (χ0v) is 15.0. The van der Waals surface area contributed by atoms with Gasteiger partial charge < -0.3 is 10.5 Å². The molecule has 2 heterocycles. The summed E-state index contributed by atoms with van der Waals surface area (Å²) in [6.07, 6.45) is 0. The largest absolute Gasteiger partial charge is 0.497 e. The zero-order valence-electron chi connectivity index (χ0n) is 15.0. The van der Waals surface area contributed by atoms with Gasteiger partial charge in [-0.15, -0.1) is 10.2 Å². The van der Waals surface area contributed by atoms with Crippen LogP contribution < -0.4 is 10.5 Å². The van der Waals surface area contributed by atoms with Crippen molar-refractivity contribution in [2.75, 3.05) is 12.8 Å². The highest BCUT2D eigenvalue weighted by Crippen LogP contribution is 2.32. The standard InChI is InChI=1S/C20H18N6O/c1-13-12-17(14-6-4-3-5-7-14)26-20(22-13)18(19(21)25-26)24-23-15-8-10-16(27-2)11-9-15/h3-12H,1-2H3,(H2,21,25). The second-order valence-corrected chi connectivity index (χ2v) is 6.02. The average molecular weight is 358 g/mol. The lowest BCUT2D eigenvalue weighted by Gasteiger charge is -2.06. The normalized spacial score (nSPS) is 11.3. The van der Waals surface area contributed by atoms with Gasteiger partial charge in [-0.05, 0) is 37.3 Å². The third-order valence-corrected chi connectivity index (χ3v) is 4.13. The van der Waals surface area contributed by atoms with Crippen molar-refractivity contribution in [3.8, 4) is 17.0 Å². The number of aryl methyl sites for hydroxylation is 1. The van der Waals surface area contributed by atoms with Crippen molar-refractivity contribution in [3.05, 3.63) is 66.4 Å². The molecule has 0 bridgehead atoms. The second kappa shape index (κ2) is 6.87. The van der Waals surface area contributed by atoms with Crippen LogP contribution in [0.2, 0.25) is 0 Å². The van der Waals surface area contributed by atoms with Crippen molar-refractivity contribution in [3.63, 3.8) is 0 Å². The lowest BCUT2D eigenvalue weighted by atomic mass is 10.1. The second-order valence-electron chi connectivity index (χ2n) is 6.02. The van der Waals surface area contributed by atoms with Crippen LogP contribution in [0.3, 0.4) is 0 Å². The van der Waals surface area contributed by atoms with Gasteiger partial charge in [-0.25, -0.2) is 9.50 Å². The maximum absolute atomic E-state index is 6.11. The van der Waals surface area contributed by atoms with Gasteiger partial charge in [-0.2, -0.15) is 5.11 Å². The fourth-order valence-electron chi connectivity index (χ4n) is 2.81. The van der Waals surface area contributed by atoms with Crippen LogP contribution in [0.15, 0.2) is 70.9 Å². The molecule has 0 aliphatic carbocycles. The van der Waals surface area contributed by atoms with Gasteiger partial charge in [0.1, 0.15) is 5.75 Å². The van der Waals surface area contributed by atoms with Gasteiger partial charge in [0.15, 0.2) is 17.2 Å². The number of methoxy groups -OCH3 is 1. The Bertz CT molecular complexity index is 1120. The Kier molecular flexibility index (Phi) is 4.25. The first-order valence-corrected chi connectivity index (χ1v) is 8.43. The molecule has 7 nitrogen and oxygen atoms in total. The number of benzene rings is 2. The van der Waals surface area contributed by atoms with E-state index in [9.17, 15) is 0 Å². The highest BCUT2D eigenvalue weighted by atomic mass is 16.5. The van der Waals surface area contributed by atoms with Crippen molar-refractivity contribution in [1.29, 1.82) is 0 Å². The molecule has 0 fully saturated rings. The monoisotopic (exact) mass is 358 g/mol. The molecular formula is C20H18N6O. The quantitative estimate of drug-likeness (QED) is 0.535. The summed E-state index contributed by atoms with van der Waals surface area (Å²) in [6.45, 7) is 1.93. The lowest BCUT2D eigenvalue weighted by molar-refractivity contribution is 0.415. The summed E-state index contributed by atoms with van der Waals surface area (Å²) in [5, 5.41) is 13.0. The van der Waals surface area contributed by atoms with Crippen molar-refractivity contribution in [2.45, 2.75) is 6.92 Å². The Hall–Kier alpha value is -3.74. The summed E-state index contributed by atoms with van der Waals surface area (Å²) in [4.78, 5) is 4.57. The van der Waals surface area contributed by atoms with E-state index in [0.29, 0.717) is 17.0 Å². The first-order chi connectivity index (χ1) is 13.2. The number of ether oxygens (including phenoxy) is 1. The van der Waals surface area contributed by atoms with Crippen LogP contribution in [0.1, 0.15) is 5.69 Å². The Balaban J connectivity index is 1.80. The first kappa shape index (κ1) is 16.7. The van der Waals surface area contributed by atoms with Crippen LogP contribution in [0.5, 0.6) is 5.75 Å². The summed E-state index contributed by atoms with van der Waals surface area (Å²) in [6, 6.07) is 19.2. The molecule has 0 aliphatic rings. The van der Waals surface area contributed by atoms with E-state index in [1.807, 2.05) is 67.6 Å². The average Bonchev–Trinajstić information content (AvgIpc) is 3.02. The molecule has 0 amide bonds. The number of nitrogens with two attached hydrogens (primary N) is 1. The summed E-state index contributed by atoms with van der Waals surface area (Å²) in [5.74, 6) is 1.04. The Labute approximate surface area is 156 Å². The van der Waals surface area contributed by atoms with E-state index in [4.69, 9.17) is 10.5 Å². The SMILES string of the molecule is COc1ccc(N=Nc2c(N)nn3c(-c4ccccc4)cc(C)nc23)cc1. The lowest BCUT2D eigenvalue weighted by Crippen LogP contribution is -1.98. The highest BCUT2D eigenvalue weighted by molar-refractivity contribution is 5.78. The molecular weight excluding hydrogens is 340 g/mol. The zero-order chi connectivity index (χ0) is 18.8. The highest BCUT2D eigenvalue weighted by Gasteiger charge is 2.16. The summed E-state index contributed by atoms with van der Waals surface area (Å²) >= 11 is 0. The van der Waals surface area contributed by atoms with Crippen LogP contribution in [0.25, 0.3) is 16.9 Å². The molecule has 27 heavy (non-hydrogen) atoms. The van der Waals surface area contributed by atoms with Crippen LogP contribution in [0.4, 0.5) is 17.2 Å². The Morgan fingerprint density at radius 2 is 1.74 bits per heavy atom. The number of aromatic nitrogens is 3. The van der Waals surface area contributed by atoms with E-state index in [2.05, 4.69) is 20.3 Å². The van der Waals surface area contributed by atoms with Gasteiger partial charge in [0.05, 0.1) is 18.5 Å². The van der Waals surface area contributed by atoms with Gasteiger partial charge in [-0.3, -0.25) is 0 Å². The third-order valence-electron chi connectivity index (χ3n) is 4.13. The molecule has 0 radical (unpaired) electrons. The number of fused-ring (bicyclic) bond motifs is 1. The minimum absolute atomic E-state index is 0.280. The van der Waals surface area contributed by atoms with Crippen LogP contribution >= 0.6 is 0 Å². The molecule has 4 aromatic rings. The Morgan fingerprint density at radius 1 is 1.00 bits per heavy atom. The van der Waals surface area contributed by atoms with E-state index in [1.54, 1.807) is 11.6 Å². The maximum atomic E-state index is 6.11. The smallest absolute Gasteiger partial charge is 0.186 e.